The molecule has 0 unspecified atom stereocenters. The van der Waals surface area contributed by atoms with Gasteiger partial charge in [-0.05, 0) is 72.8 Å². The van der Waals surface area contributed by atoms with Gasteiger partial charge in [0, 0.05) is 23.1 Å². The molecular weight excluding hydrogens is 566 g/mol. The molecule has 0 radical (unpaired) electrons. The van der Waals surface area contributed by atoms with Crippen LogP contribution in [0.5, 0.6) is 5.75 Å². The first kappa shape index (κ1) is 27.8. The third kappa shape index (κ3) is 6.82. The van der Waals surface area contributed by atoms with Crippen molar-refractivity contribution >= 4 is 54.9 Å². The second kappa shape index (κ2) is 11.7. The van der Waals surface area contributed by atoms with E-state index in [2.05, 4.69) is 20.0 Å². The summed E-state index contributed by atoms with van der Waals surface area (Å²) in [6, 6.07) is 18.7. The maximum absolute atomic E-state index is 13.5. The summed E-state index contributed by atoms with van der Waals surface area (Å²) in [7, 11) is -6.69. The maximum Gasteiger partial charge on any atom is 0.264 e. The normalized spacial score (nSPS) is 11.4. The van der Waals surface area contributed by atoms with E-state index in [9.17, 15) is 21.6 Å². The van der Waals surface area contributed by atoms with Crippen LogP contribution in [0.15, 0.2) is 101 Å². The van der Waals surface area contributed by atoms with Crippen LogP contribution in [-0.4, -0.2) is 46.4 Å². The SMILES string of the molecule is COc1ccc(S(=O)(=O)N(CC(=O)Nc2ccc(S(=O)(=O)Nc3ncccn3)cc2)c2cccc(Cl)c2)cc1. The van der Waals surface area contributed by atoms with Crippen LogP contribution in [0.4, 0.5) is 17.3 Å². The second-order valence-electron chi connectivity index (χ2n) is 7.92. The highest BCUT2D eigenvalue weighted by molar-refractivity contribution is 7.93. The van der Waals surface area contributed by atoms with Gasteiger partial charge in [-0.2, -0.15) is 0 Å². The number of rotatable bonds is 10. The number of carbonyl (C=O) groups is 1. The van der Waals surface area contributed by atoms with Crippen molar-refractivity contribution in [2.75, 3.05) is 28.0 Å². The Morgan fingerprint density at radius 1 is 0.897 bits per heavy atom. The van der Waals surface area contributed by atoms with E-state index in [1.807, 2.05) is 0 Å². The number of benzene rings is 3. The van der Waals surface area contributed by atoms with Gasteiger partial charge in [0.05, 0.1) is 22.6 Å². The first-order chi connectivity index (χ1) is 18.6. The minimum Gasteiger partial charge on any atom is -0.497 e. The van der Waals surface area contributed by atoms with Crippen LogP contribution in [0.3, 0.4) is 0 Å². The fourth-order valence-electron chi connectivity index (χ4n) is 3.40. The number of anilines is 3. The number of nitrogens with zero attached hydrogens (tertiary/aromatic N) is 3. The average molecular weight is 588 g/mol. The average Bonchev–Trinajstić information content (AvgIpc) is 2.92. The minimum atomic E-state index is -4.18. The number of halogens is 1. The molecule has 11 nitrogen and oxygen atoms in total. The van der Waals surface area contributed by atoms with E-state index in [4.69, 9.17) is 16.3 Å². The van der Waals surface area contributed by atoms with Crippen LogP contribution < -0.4 is 19.1 Å². The lowest BCUT2D eigenvalue weighted by molar-refractivity contribution is -0.114. The Labute approximate surface area is 230 Å². The van der Waals surface area contributed by atoms with Crippen LogP contribution in [-0.2, 0) is 24.8 Å². The van der Waals surface area contributed by atoms with Crippen molar-refractivity contribution in [1.29, 1.82) is 0 Å². The fraction of sp³-hybridized carbons (Fsp3) is 0.0800. The third-order valence-electron chi connectivity index (χ3n) is 5.27. The molecule has 0 saturated carbocycles. The lowest BCUT2D eigenvalue weighted by atomic mass is 10.3. The molecule has 4 aromatic rings. The summed E-state index contributed by atoms with van der Waals surface area (Å²) in [6.07, 6.45) is 2.79. The molecule has 0 aliphatic heterocycles. The lowest BCUT2D eigenvalue weighted by Gasteiger charge is -2.24. The van der Waals surface area contributed by atoms with Crippen LogP contribution in [0.2, 0.25) is 5.02 Å². The number of hydrogen-bond donors (Lipinski definition) is 2. The zero-order chi connectivity index (χ0) is 28.0. The van der Waals surface area contributed by atoms with Gasteiger partial charge < -0.3 is 10.1 Å². The first-order valence-electron chi connectivity index (χ1n) is 11.2. The van der Waals surface area contributed by atoms with Crippen LogP contribution in [0, 0.1) is 0 Å². The highest BCUT2D eigenvalue weighted by Gasteiger charge is 2.27. The van der Waals surface area contributed by atoms with E-state index in [-0.39, 0.29) is 32.1 Å². The van der Waals surface area contributed by atoms with Crippen LogP contribution >= 0.6 is 11.6 Å². The summed E-state index contributed by atoms with van der Waals surface area (Å²) in [6.45, 7) is -0.582. The summed E-state index contributed by atoms with van der Waals surface area (Å²) in [5, 5.41) is 2.88. The molecule has 0 spiro atoms. The van der Waals surface area contributed by atoms with E-state index in [0.717, 1.165) is 4.31 Å². The molecule has 0 fully saturated rings. The summed E-state index contributed by atoms with van der Waals surface area (Å²) in [4.78, 5) is 20.5. The molecule has 0 aliphatic rings. The van der Waals surface area contributed by atoms with Crippen molar-refractivity contribution in [3.8, 4) is 5.75 Å². The lowest BCUT2D eigenvalue weighted by Crippen LogP contribution is -2.38. The van der Waals surface area contributed by atoms with E-state index in [1.54, 1.807) is 18.2 Å². The number of aromatic nitrogens is 2. The number of carbonyl (C=O) groups excluding carboxylic acids is 1. The van der Waals surface area contributed by atoms with Gasteiger partial charge in [-0.1, -0.05) is 17.7 Å². The number of ether oxygens (including phenoxy) is 1. The predicted octanol–water partition coefficient (Wildman–Crippen LogP) is 3.77. The Morgan fingerprint density at radius 3 is 2.15 bits per heavy atom. The van der Waals surface area contributed by atoms with Crippen molar-refractivity contribution in [2.45, 2.75) is 9.79 Å². The Morgan fingerprint density at radius 2 is 1.54 bits per heavy atom. The van der Waals surface area contributed by atoms with Crippen molar-refractivity contribution in [3.63, 3.8) is 0 Å². The maximum atomic E-state index is 13.5. The first-order valence-corrected chi connectivity index (χ1v) is 14.5. The van der Waals surface area contributed by atoms with Gasteiger partial charge >= 0.3 is 0 Å². The standard InChI is InChI=1S/C25H22ClN5O6S2/c1-37-21-8-12-23(13-9-21)39(35,36)31(20-5-2-4-18(26)16-20)17-24(32)29-19-6-10-22(11-7-19)38(33,34)30-25-27-14-3-15-28-25/h2-16H,17H2,1H3,(H,29,32)(H,27,28,30). The molecule has 39 heavy (non-hydrogen) atoms. The van der Waals surface area contributed by atoms with Crippen LogP contribution in [0.25, 0.3) is 0 Å². The van der Waals surface area contributed by atoms with Gasteiger partial charge in [-0.25, -0.2) is 31.5 Å². The van der Waals surface area contributed by atoms with Gasteiger partial charge in [0.15, 0.2) is 0 Å². The number of sulfonamides is 2. The predicted molar refractivity (Wildman–Crippen MR) is 147 cm³/mol. The largest absolute Gasteiger partial charge is 0.497 e. The zero-order valence-corrected chi connectivity index (χ0v) is 22.7. The van der Waals surface area contributed by atoms with Gasteiger partial charge in [-0.15, -0.1) is 0 Å². The Hall–Kier alpha value is -4.20. The van der Waals surface area contributed by atoms with Gasteiger partial charge in [-0.3, -0.25) is 9.10 Å². The van der Waals surface area contributed by atoms with Crippen molar-refractivity contribution in [1.82, 2.24) is 9.97 Å². The molecule has 1 heterocycles. The molecule has 14 heteroatoms. The summed E-state index contributed by atoms with van der Waals surface area (Å²) in [5.74, 6) is -0.287. The van der Waals surface area contributed by atoms with E-state index < -0.39 is 32.5 Å². The van der Waals surface area contributed by atoms with Gasteiger partial charge in [0.1, 0.15) is 12.3 Å². The highest BCUT2D eigenvalue weighted by Crippen LogP contribution is 2.27. The topological polar surface area (TPSA) is 148 Å². The number of nitrogens with one attached hydrogen (secondary N) is 2. The van der Waals surface area contributed by atoms with E-state index >= 15 is 0 Å². The minimum absolute atomic E-state index is 0.0551. The number of hydrogen-bond acceptors (Lipinski definition) is 8. The number of amides is 1. The monoisotopic (exact) mass is 587 g/mol. The molecule has 0 saturated heterocycles. The Bertz CT molecular complexity index is 1670. The van der Waals surface area contributed by atoms with E-state index in [1.165, 1.54) is 80.2 Å². The van der Waals surface area contributed by atoms with Gasteiger partial charge in [0.25, 0.3) is 20.0 Å². The molecule has 0 aliphatic carbocycles. The molecule has 0 bridgehead atoms. The van der Waals surface area contributed by atoms with Crippen molar-refractivity contribution < 1.29 is 26.4 Å². The molecule has 1 aromatic heterocycles. The highest BCUT2D eigenvalue weighted by atomic mass is 35.5. The quantitative estimate of drug-likeness (QED) is 0.285. The van der Waals surface area contributed by atoms with Crippen molar-refractivity contribution in [3.05, 3.63) is 96.3 Å². The fourth-order valence-corrected chi connectivity index (χ4v) is 5.96. The number of methoxy groups -OCH3 is 1. The zero-order valence-electron chi connectivity index (χ0n) is 20.4. The third-order valence-corrected chi connectivity index (χ3v) is 8.64. The molecule has 3 aromatic carbocycles. The summed E-state index contributed by atoms with van der Waals surface area (Å²) >= 11 is 6.09. The molecule has 202 valence electrons. The Kier molecular flexibility index (Phi) is 8.33. The van der Waals surface area contributed by atoms with E-state index in [0.29, 0.717) is 5.75 Å². The Balaban J connectivity index is 1.54. The molecule has 1 amide bonds. The molecule has 4 rings (SSSR count). The molecule has 0 atom stereocenters. The molecule has 2 N–H and O–H groups in total. The molecular formula is C25H22ClN5O6S2. The van der Waals surface area contributed by atoms with Gasteiger partial charge in [0.2, 0.25) is 11.9 Å². The summed E-state index contributed by atoms with van der Waals surface area (Å²) in [5.41, 5.74) is 0.437. The second-order valence-corrected chi connectivity index (χ2v) is 11.9. The van der Waals surface area contributed by atoms with Crippen LogP contribution in [0.1, 0.15) is 0 Å². The summed E-state index contributed by atoms with van der Waals surface area (Å²) < 4.78 is 60.5. The smallest absolute Gasteiger partial charge is 0.264 e. The van der Waals surface area contributed by atoms with Crippen molar-refractivity contribution in [2.24, 2.45) is 0 Å².